The lowest BCUT2D eigenvalue weighted by Crippen LogP contribution is -2.48. The molecule has 0 radical (unpaired) electrons. The predicted molar refractivity (Wildman–Crippen MR) is 140 cm³/mol. The fourth-order valence-corrected chi connectivity index (χ4v) is 5.60. The van der Waals surface area contributed by atoms with Gasteiger partial charge in [-0.2, -0.15) is 5.10 Å². The Bertz CT molecular complexity index is 1300. The van der Waals surface area contributed by atoms with E-state index in [9.17, 15) is 23.8 Å². The summed E-state index contributed by atoms with van der Waals surface area (Å²) in [6, 6.07) is 3.27. The van der Waals surface area contributed by atoms with Crippen molar-refractivity contribution in [2.45, 2.75) is 51.5 Å². The number of carbonyl (C=O) groups excluding carboxylic acids is 2. The van der Waals surface area contributed by atoms with E-state index in [4.69, 9.17) is 0 Å². The van der Waals surface area contributed by atoms with E-state index in [2.05, 4.69) is 15.7 Å². The van der Waals surface area contributed by atoms with E-state index in [1.807, 2.05) is 6.07 Å². The Hall–Kier alpha value is -3.76. The predicted octanol–water partition coefficient (Wildman–Crippen LogP) is 3.13. The van der Waals surface area contributed by atoms with Gasteiger partial charge in [0.05, 0.1) is 12.7 Å². The maximum atomic E-state index is 14.3. The molecule has 38 heavy (non-hydrogen) atoms. The molecule has 3 aliphatic heterocycles. The van der Waals surface area contributed by atoms with E-state index in [1.54, 1.807) is 33.9 Å². The van der Waals surface area contributed by atoms with Gasteiger partial charge in [0.25, 0.3) is 6.43 Å². The fourth-order valence-electron chi connectivity index (χ4n) is 5.60. The Morgan fingerprint density at radius 1 is 1.26 bits per heavy atom. The second-order valence-corrected chi connectivity index (χ2v) is 10.2. The van der Waals surface area contributed by atoms with Gasteiger partial charge in [-0.3, -0.25) is 19.7 Å². The minimum Gasteiger partial charge on any atom is -0.385 e. The summed E-state index contributed by atoms with van der Waals surface area (Å²) in [5.74, 6) is 0.113. The summed E-state index contributed by atoms with van der Waals surface area (Å²) in [6.45, 7) is 3.40. The molecule has 0 saturated carbocycles. The van der Waals surface area contributed by atoms with E-state index in [0.717, 1.165) is 30.5 Å². The van der Waals surface area contributed by atoms with Crippen LogP contribution in [0, 0.1) is 5.41 Å². The van der Waals surface area contributed by atoms with Gasteiger partial charge in [0.2, 0.25) is 11.8 Å². The van der Waals surface area contributed by atoms with Crippen molar-refractivity contribution in [2.75, 3.05) is 31.1 Å². The number of nitrogens with zero attached hydrogens (tertiary/aromatic N) is 4. The van der Waals surface area contributed by atoms with Crippen LogP contribution < -0.4 is 15.5 Å². The summed E-state index contributed by atoms with van der Waals surface area (Å²) in [5.41, 5.74) is 4.02. The number of nitrogens with one attached hydrogen (secondary N) is 3. The molecular weight excluding hydrogens is 492 g/mol. The first-order chi connectivity index (χ1) is 18.2. The van der Waals surface area contributed by atoms with Gasteiger partial charge in [0.1, 0.15) is 5.84 Å². The van der Waals surface area contributed by atoms with Gasteiger partial charge >= 0.3 is 0 Å². The second kappa shape index (κ2) is 10.5. The number of fused-ring (bicyclic) bond motifs is 1. The standard InChI is InChI=1S/C27H33F2N7O2/c1-16(37)35-9-6-23(33-19-5-7-31-25(38)11-19)22(15-35)27(30)36-8-3-4-17-10-20(18-13-32-34(2)14-18)21(26(28)29)12-24(17)36/h10,12-14,19,26,30,33H,3-9,11,15H2,1-2H3,(H,31,38). The van der Waals surface area contributed by atoms with Gasteiger partial charge in [-0.1, -0.05) is 0 Å². The maximum Gasteiger partial charge on any atom is 0.264 e. The van der Waals surface area contributed by atoms with Crippen LogP contribution in [0.1, 0.15) is 50.2 Å². The van der Waals surface area contributed by atoms with Crippen molar-refractivity contribution in [3.63, 3.8) is 0 Å². The lowest BCUT2D eigenvalue weighted by atomic mass is 9.92. The average molecular weight is 526 g/mol. The molecule has 1 atom stereocenters. The van der Waals surface area contributed by atoms with Crippen molar-refractivity contribution in [3.8, 4) is 11.1 Å². The Morgan fingerprint density at radius 3 is 2.76 bits per heavy atom. The van der Waals surface area contributed by atoms with Crippen molar-refractivity contribution in [2.24, 2.45) is 7.05 Å². The average Bonchev–Trinajstić information content (AvgIpc) is 3.33. The number of piperidine rings is 1. The number of aromatic nitrogens is 2. The number of amides is 2. The fraction of sp³-hybridized carbons (Fsp3) is 0.481. The lowest BCUT2D eigenvalue weighted by Gasteiger charge is -2.38. The summed E-state index contributed by atoms with van der Waals surface area (Å²) in [5, 5.41) is 19.7. The van der Waals surface area contributed by atoms with E-state index >= 15 is 0 Å². The van der Waals surface area contributed by atoms with Crippen LogP contribution in [0.3, 0.4) is 0 Å². The smallest absolute Gasteiger partial charge is 0.264 e. The van der Waals surface area contributed by atoms with Gasteiger partial charge in [-0.25, -0.2) is 8.78 Å². The zero-order valence-electron chi connectivity index (χ0n) is 21.7. The second-order valence-electron chi connectivity index (χ2n) is 10.2. The molecule has 3 aliphatic rings. The number of carbonyl (C=O) groups is 2. The first kappa shape index (κ1) is 25.9. The molecule has 202 valence electrons. The maximum absolute atomic E-state index is 14.3. The van der Waals surface area contributed by atoms with Crippen LogP contribution in [0.25, 0.3) is 11.1 Å². The number of aryl methyl sites for hydroxylation is 2. The zero-order valence-corrected chi connectivity index (χ0v) is 21.7. The van der Waals surface area contributed by atoms with Gasteiger partial charge in [0, 0.05) is 86.8 Å². The minimum absolute atomic E-state index is 0.0129. The van der Waals surface area contributed by atoms with Crippen molar-refractivity contribution >= 4 is 23.3 Å². The van der Waals surface area contributed by atoms with Crippen molar-refractivity contribution in [1.82, 2.24) is 25.3 Å². The summed E-state index contributed by atoms with van der Waals surface area (Å²) >= 11 is 0. The third kappa shape index (κ3) is 5.14. The van der Waals surface area contributed by atoms with Crippen molar-refractivity contribution in [3.05, 3.63) is 46.9 Å². The summed E-state index contributed by atoms with van der Waals surface area (Å²) in [6.07, 6.45) is 3.77. The molecule has 0 bridgehead atoms. The Labute approximate surface area is 220 Å². The van der Waals surface area contributed by atoms with Crippen LogP contribution >= 0.6 is 0 Å². The van der Waals surface area contributed by atoms with Crippen LogP contribution in [-0.4, -0.2) is 64.6 Å². The van der Waals surface area contributed by atoms with Crippen LogP contribution in [0.5, 0.6) is 0 Å². The molecule has 1 saturated heterocycles. The zero-order chi connectivity index (χ0) is 27.0. The molecule has 9 nitrogen and oxygen atoms in total. The van der Waals surface area contributed by atoms with E-state index in [1.165, 1.54) is 13.0 Å². The Kier molecular flexibility index (Phi) is 7.18. The molecule has 11 heteroatoms. The van der Waals surface area contributed by atoms with Gasteiger partial charge in [-0.05, 0) is 42.5 Å². The van der Waals surface area contributed by atoms with Crippen LogP contribution in [0.15, 0.2) is 35.8 Å². The molecule has 2 amide bonds. The number of hydrogen-bond donors (Lipinski definition) is 3. The normalized spacial score (nSPS) is 19.9. The SMILES string of the molecule is CC(=O)N1CCC(NC2CCNC(=O)C2)=C(C(=N)N2CCCc3cc(-c4cnn(C)c4)c(C(F)F)cc32)C1. The monoisotopic (exact) mass is 525 g/mol. The first-order valence-corrected chi connectivity index (χ1v) is 13.0. The molecule has 3 N–H and O–H groups in total. The quantitative estimate of drug-likeness (QED) is 0.411. The lowest BCUT2D eigenvalue weighted by molar-refractivity contribution is -0.128. The molecule has 2 aromatic rings. The molecule has 4 heterocycles. The van der Waals surface area contributed by atoms with Crippen LogP contribution in [0.4, 0.5) is 14.5 Å². The molecular formula is C27H33F2N7O2. The van der Waals surface area contributed by atoms with Crippen LogP contribution in [-0.2, 0) is 23.1 Å². The van der Waals surface area contributed by atoms with Crippen molar-refractivity contribution < 1.29 is 18.4 Å². The number of benzene rings is 1. The highest BCUT2D eigenvalue weighted by atomic mass is 19.3. The van der Waals surface area contributed by atoms with E-state index in [0.29, 0.717) is 54.9 Å². The third-order valence-corrected chi connectivity index (χ3v) is 7.59. The molecule has 0 spiro atoms. The minimum atomic E-state index is -2.69. The molecule has 1 aromatic heterocycles. The third-order valence-electron chi connectivity index (χ3n) is 7.59. The molecule has 1 unspecified atom stereocenters. The largest absolute Gasteiger partial charge is 0.385 e. The number of alkyl halides is 2. The highest BCUT2D eigenvalue weighted by molar-refractivity contribution is 6.09. The highest BCUT2D eigenvalue weighted by Gasteiger charge is 2.32. The van der Waals surface area contributed by atoms with Gasteiger partial charge in [-0.15, -0.1) is 0 Å². The Morgan fingerprint density at radius 2 is 2.08 bits per heavy atom. The molecule has 5 rings (SSSR count). The molecule has 1 fully saturated rings. The number of amidine groups is 1. The summed E-state index contributed by atoms with van der Waals surface area (Å²) in [4.78, 5) is 27.7. The number of rotatable bonds is 5. The summed E-state index contributed by atoms with van der Waals surface area (Å²) < 4.78 is 30.1. The topological polar surface area (TPSA) is 106 Å². The van der Waals surface area contributed by atoms with Crippen molar-refractivity contribution in [1.29, 1.82) is 5.41 Å². The number of hydrogen-bond acceptors (Lipinski definition) is 5. The van der Waals surface area contributed by atoms with Crippen LogP contribution in [0.2, 0.25) is 0 Å². The highest BCUT2D eigenvalue weighted by Crippen LogP contribution is 2.39. The van der Waals surface area contributed by atoms with E-state index in [-0.39, 0.29) is 35.8 Å². The Balaban J connectivity index is 1.52. The number of halogens is 2. The van der Waals surface area contributed by atoms with Gasteiger partial charge < -0.3 is 20.4 Å². The van der Waals surface area contributed by atoms with E-state index < -0.39 is 6.43 Å². The first-order valence-electron chi connectivity index (χ1n) is 13.0. The number of anilines is 1. The molecule has 0 aliphatic carbocycles. The van der Waals surface area contributed by atoms with Gasteiger partial charge in [0.15, 0.2) is 0 Å². The molecule has 1 aromatic carbocycles. The summed E-state index contributed by atoms with van der Waals surface area (Å²) in [7, 11) is 1.75.